The van der Waals surface area contributed by atoms with Gasteiger partial charge >= 0.3 is 0 Å². The van der Waals surface area contributed by atoms with Gasteiger partial charge in [-0.1, -0.05) is 12.1 Å². The van der Waals surface area contributed by atoms with Crippen molar-refractivity contribution in [1.29, 1.82) is 0 Å². The average Bonchev–Trinajstić information content (AvgIpc) is 2.94. The maximum absolute atomic E-state index is 12.4. The molecule has 21 heavy (non-hydrogen) atoms. The van der Waals surface area contributed by atoms with E-state index in [-0.39, 0.29) is 4.90 Å². The van der Waals surface area contributed by atoms with Crippen LogP contribution in [-0.4, -0.2) is 13.4 Å². The number of sulfonamides is 1. The number of nitrogens with two attached hydrogens (primary N) is 1. The van der Waals surface area contributed by atoms with Crippen molar-refractivity contribution in [3.63, 3.8) is 0 Å². The first-order chi connectivity index (χ1) is 10.1. The normalized spacial score (nSPS) is 11.5. The van der Waals surface area contributed by atoms with E-state index in [4.69, 9.17) is 5.84 Å². The molecular weight excluding hydrogens is 308 g/mol. The number of para-hydroxylation sites is 1. The molecule has 3 aromatic rings. The van der Waals surface area contributed by atoms with Gasteiger partial charge < -0.3 is 5.43 Å². The first kappa shape index (κ1) is 13.8. The Morgan fingerprint density at radius 1 is 1.14 bits per heavy atom. The molecule has 1 heterocycles. The topological polar surface area (TPSA) is 97.1 Å². The number of hydrazine groups is 1. The largest absolute Gasteiger partial charge is 0.323 e. The standard InChI is InChI=1S/C13H12N4O2S2/c14-16-11-3-1-2-4-13(11)21(18,19)17-9-5-6-10-12(7-9)20-8-15-10/h1-8,16-17H,14H2. The van der Waals surface area contributed by atoms with Gasteiger partial charge in [-0.2, -0.15) is 0 Å². The van der Waals surface area contributed by atoms with Crippen LogP contribution >= 0.6 is 11.3 Å². The molecule has 0 saturated heterocycles. The Hall–Kier alpha value is -2.16. The highest BCUT2D eigenvalue weighted by molar-refractivity contribution is 7.92. The summed E-state index contributed by atoms with van der Waals surface area (Å²) in [4.78, 5) is 4.25. The minimum Gasteiger partial charge on any atom is -0.323 e. The molecule has 0 aliphatic carbocycles. The SMILES string of the molecule is NNc1ccccc1S(=O)(=O)Nc1ccc2ncsc2c1. The van der Waals surface area contributed by atoms with E-state index in [0.29, 0.717) is 11.4 Å². The fourth-order valence-electron chi connectivity index (χ4n) is 1.95. The van der Waals surface area contributed by atoms with Crippen LogP contribution in [0.3, 0.4) is 0 Å². The highest BCUT2D eigenvalue weighted by Gasteiger charge is 2.18. The molecule has 0 bridgehead atoms. The molecular formula is C13H12N4O2S2. The molecule has 0 amide bonds. The molecule has 6 nitrogen and oxygen atoms in total. The maximum atomic E-state index is 12.4. The quantitative estimate of drug-likeness (QED) is 0.506. The molecule has 0 fully saturated rings. The summed E-state index contributed by atoms with van der Waals surface area (Å²) in [6.45, 7) is 0. The zero-order chi connectivity index (χ0) is 14.9. The summed E-state index contributed by atoms with van der Waals surface area (Å²) in [5, 5.41) is 0. The Bertz CT molecular complexity index is 890. The van der Waals surface area contributed by atoms with Crippen LogP contribution in [0, 0.1) is 0 Å². The second kappa shape index (κ2) is 5.32. The summed E-state index contributed by atoms with van der Waals surface area (Å²) >= 11 is 1.45. The van der Waals surface area contributed by atoms with E-state index in [9.17, 15) is 8.42 Å². The number of nitrogen functional groups attached to an aromatic ring is 1. The van der Waals surface area contributed by atoms with Crippen molar-refractivity contribution in [3.8, 4) is 0 Å². The fourth-order valence-corrected chi connectivity index (χ4v) is 3.89. The van der Waals surface area contributed by atoms with Crippen molar-refractivity contribution in [2.45, 2.75) is 4.90 Å². The molecule has 1 aromatic heterocycles. The summed E-state index contributed by atoms with van der Waals surface area (Å²) in [6.07, 6.45) is 0. The molecule has 0 unspecified atom stereocenters. The van der Waals surface area contributed by atoms with E-state index < -0.39 is 10.0 Å². The van der Waals surface area contributed by atoms with Crippen LogP contribution in [-0.2, 0) is 10.0 Å². The third-order valence-corrected chi connectivity index (χ3v) is 5.15. The lowest BCUT2D eigenvalue weighted by atomic mass is 10.3. The fraction of sp³-hybridized carbons (Fsp3) is 0. The third kappa shape index (κ3) is 2.68. The van der Waals surface area contributed by atoms with Gasteiger partial charge in [-0.3, -0.25) is 10.6 Å². The van der Waals surface area contributed by atoms with E-state index in [1.807, 2.05) is 0 Å². The molecule has 0 saturated carbocycles. The summed E-state index contributed by atoms with van der Waals surface area (Å²) in [5.74, 6) is 5.35. The monoisotopic (exact) mass is 320 g/mol. The second-order valence-electron chi connectivity index (χ2n) is 4.28. The van der Waals surface area contributed by atoms with E-state index in [0.717, 1.165) is 10.2 Å². The van der Waals surface area contributed by atoms with E-state index in [1.165, 1.54) is 17.4 Å². The Morgan fingerprint density at radius 3 is 2.76 bits per heavy atom. The summed E-state index contributed by atoms with van der Waals surface area (Å²) in [5.41, 5.74) is 5.77. The first-order valence-electron chi connectivity index (χ1n) is 6.02. The molecule has 8 heteroatoms. The average molecular weight is 320 g/mol. The van der Waals surface area contributed by atoms with Gasteiger partial charge in [0, 0.05) is 0 Å². The van der Waals surface area contributed by atoms with Gasteiger partial charge in [-0.15, -0.1) is 11.3 Å². The lowest BCUT2D eigenvalue weighted by molar-refractivity contribution is 0.601. The highest BCUT2D eigenvalue weighted by Crippen LogP contribution is 2.26. The highest BCUT2D eigenvalue weighted by atomic mass is 32.2. The van der Waals surface area contributed by atoms with Gasteiger partial charge in [0.1, 0.15) is 4.90 Å². The van der Waals surface area contributed by atoms with Crippen LogP contribution in [0.15, 0.2) is 52.9 Å². The van der Waals surface area contributed by atoms with Gasteiger partial charge in [0.05, 0.1) is 27.1 Å². The number of nitrogens with one attached hydrogen (secondary N) is 2. The Morgan fingerprint density at radius 2 is 1.95 bits per heavy atom. The van der Waals surface area contributed by atoms with Crippen molar-refractivity contribution in [2.75, 3.05) is 10.1 Å². The van der Waals surface area contributed by atoms with Gasteiger partial charge in [0.25, 0.3) is 10.0 Å². The van der Waals surface area contributed by atoms with Crippen LogP contribution < -0.4 is 16.0 Å². The molecule has 2 aromatic carbocycles. The van der Waals surface area contributed by atoms with Crippen LogP contribution in [0.1, 0.15) is 0 Å². The summed E-state index contributed by atoms with van der Waals surface area (Å²) in [7, 11) is -3.72. The van der Waals surface area contributed by atoms with Crippen molar-refractivity contribution >= 4 is 43.0 Å². The number of hydrogen-bond donors (Lipinski definition) is 3. The molecule has 3 rings (SSSR count). The Kier molecular flexibility index (Phi) is 3.50. The molecule has 0 radical (unpaired) electrons. The number of benzene rings is 2. The minimum atomic E-state index is -3.72. The molecule has 0 atom stereocenters. The van der Waals surface area contributed by atoms with E-state index >= 15 is 0 Å². The van der Waals surface area contributed by atoms with Crippen LogP contribution in [0.25, 0.3) is 10.2 Å². The van der Waals surface area contributed by atoms with Crippen LogP contribution in [0.5, 0.6) is 0 Å². The summed E-state index contributed by atoms with van der Waals surface area (Å²) in [6, 6.07) is 11.6. The molecule has 0 aliphatic rings. The lowest BCUT2D eigenvalue weighted by Gasteiger charge is -2.11. The number of aromatic nitrogens is 1. The Labute approximate surface area is 125 Å². The van der Waals surface area contributed by atoms with Gasteiger partial charge in [0.2, 0.25) is 0 Å². The number of anilines is 2. The zero-order valence-electron chi connectivity index (χ0n) is 10.8. The minimum absolute atomic E-state index is 0.0944. The van der Waals surface area contributed by atoms with Crippen molar-refractivity contribution in [1.82, 2.24) is 4.98 Å². The van der Waals surface area contributed by atoms with Crippen LogP contribution in [0.2, 0.25) is 0 Å². The van der Waals surface area contributed by atoms with Gasteiger partial charge in [-0.25, -0.2) is 13.4 Å². The van der Waals surface area contributed by atoms with Crippen molar-refractivity contribution < 1.29 is 8.42 Å². The molecule has 108 valence electrons. The lowest BCUT2D eigenvalue weighted by Crippen LogP contribution is -2.17. The number of fused-ring (bicyclic) bond motifs is 1. The predicted octanol–water partition coefficient (Wildman–Crippen LogP) is 2.38. The summed E-state index contributed by atoms with van der Waals surface area (Å²) < 4.78 is 28.3. The number of thiazole rings is 1. The van der Waals surface area contributed by atoms with Gasteiger partial charge in [0.15, 0.2) is 0 Å². The zero-order valence-corrected chi connectivity index (χ0v) is 12.4. The third-order valence-electron chi connectivity index (χ3n) is 2.92. The van der Waals surface area contributed by atoms with E-state index in [1.54, 1.807) is 41.9 Å². The number of hydrogen-bond acceptors (Lipinski definition) is 6. The molecule has 0 spiro atoms. The predicted molar refractivity (Wildman–Crippen MR) is 84.7 cm³/mol. The van der Waals surface area contributed by atoms with Gasteiger partial charge in [-0.05, 0) is 30.3 Å². The smallest absolute Gasteiger partial charge is 0.264 e. The number of nitrogens with zero attached hydrogens (tertiary/aromatic N) is 1. The molecule has 0 aliphatic heterocycles. The van der Waals surface area contributed by atoms with Crippen molar-refractivity contribution in [2.24, 2.45) is 5.84 Å². The van der Waals surface area contributed by atoms with Crippen molar-refractivity contribution in [3.05, 3.63) is 48.0 Å². The second-order valence-corrected chi connectivity index (χ2v) is 6.82. The number of rotatable bonds is 4. The molecule has 4 N–H and O–H groups in total. The van der Waals surface area contributed by atoms with Crippen LogP contribution in [0.4, 0.5) is 11.4 Å². The van der Waals surface area contributed by atoms with E-state index in [2.05, 4.69) is 15.1 Å². The first-order valence-corrected chi connectivity index (χ1v) is 8.38. The Balaban J connectivity index is 1.98. The maximum Gasteiger partial charge on any atom is 0.264 e.